The quantitative estimate of drug-likeness (QED) is 0.827. The molecule has 0 saturated carbocycles. The minimum Gasteiger partial charge on any atom is -0.338 e. The van der Waals surface area contributed by atoms with Crippen LogP contribution in [0.5, 0.6) is 0 Å². The molecule has 2 aliphatic rings. The lowest BCUT2D eigenvalue weighted by atomic mass is 9.90. The molecule has 0 radical (unpaired) electrons. The minimum absolute atomic E-state index is 0.0584. The molecule has 6 heteroatoms. The van der Waals surface area contributed by atoms with E-state index in [4.69, 9.17) is 0 Å². The Morgan fingerprint density at radius 1 is 0.966 bits per heavy atom. The van der Waals surface area contributed by atoms with Crippen molar-refractivity contribution in [3.63, 3.8) is 0 Å². The highest BCUT2D eigenvalue weighted by molar-refractivity contribution is 5.94. The second kappa shape index (κ2) is 10.1. The van der Waals surface area contributed by atoms with Gasteiger partial charge in [-0.3, -0.25) is 9.69 Å². The Bertz CT molecular complexity index is 673. The lowest BCUT2D eigenvalue weighted by Crippen LogP contribution is -2.50. The zero-order valence-electron chi connectivity index (χ0n) is 18.2. The molecule has 2 aliphatic heterocycles. The molecular formula is C23H36N4O2. The summed E-state index contributed by atoms with van der Waals surface area (Å²) >= 11 is 0. The summed E-state index contributed by atoms with van der Waals surface area (Å²) in [5.74, 6) is 0.751. The SMILES string of the molecule is CCNC(=O)N1CCC(Cc2ccc(C(=O)N3CCN(C(C)C)CC3)cc2)CC1. The van der Waals surface area contributed by atoms with Gasteiger partial charge in [0.15, 0.2) is 0 Å². The molecule has 0 bridgehead atoms. The van der Waals surface area contributed by atoms with E-state index in [1.54, 1.807) is 0 Å². The first-order valence-corrected chi connectivity index (χ1v) is 11.1. The van der Waals surface area contributed by atoms with Gasteiger partial charge in [-0.05, 0) is 63.6 Å². The summed E-state index contributed by atoms with van der Waals surface area (Å²) in [5, 5.41) is 2.88. The van der Waals surface area contributed by atoms with Crippen LogP contribution in [-0.4, -0.2) is 78.5 Å². The molecule has 3 amide bonds. The number of rotatable bonds is 5. The van der Waals surface area contributed by atoms with Gasteiger partial charge < -0.3 is 15.1 Å². The number of carbonyl (C=O) groups excluding carboxylic acids is 2. The van der Waals surface area contributed by atoms with Crippen LogP contribution in [0.1, 0.15) is 49.5 Å². The number of urea groups is 1. The summed E-state index contributed by atoms with van der Waals surface area (Å²) in [6.45, 7) is 12.2. The van der Waals surface area contributed by atoms with Crippen LogP contribution >= 0.6 is 0 Å². The van der Waals surface area contributed by atoms with Gasteiger partial charge in [0.2, 0.25) is 0 Å². The van der Waals surface area contributed by atoms with Gasteiger partial charge in [0.25, 0.3) is 5.91 Å². The van der Waals surface area contributed by atoms with Crippen LogP contribution in [0.25, 0.3) is 0 Å². The van der Waals surface area contributed by atoms with E-state index in [1.807, 2.05) is 28.9 Å². The Labute approximate surface area is 175 Å². The van der Waals surface area contributed by atoms with Crippen LogP contribution in [0.4, 0.5) is 4.79 Å². The van der Waals surface area contributed by atoms with Crippen molar-refractivity contribution < 1.29 is 9.59 Å². The van der Waals surface area contributed by atoms with Crippen molar-refractivity contribution in [1.82, 2.24) is 20.0 Å². The average Bonchev–Trinajstić information content (AvgIpc) is 2.74. The summed E-state index contributed by atoms with van der Waals surface area (Å²) in [7, 11) is 0. The van der Waals surface area contributed by atoms with Crippen LogP contribution in [0.2, 0.25) is 0 Å². The number of nitrogens with zero attached hydrogens (tertiary/aromatic N) is 3. The third kappa shape index (κ3) is 5.72. The Morgan fingerprint density at radius 3 is 2.14 bits per heavy atom. The molecule has 6 nitrogen and oxygen atoms in total. The molecule has 0 spiro atoms. The lowest BCUT2D eigenvalue weighted by molar-refractivity contribution is 0.0595. The zero-order chi connectivity index (χ0) is 20.8. The van der Waals surface area contributed by atoms with E-state index in [-0.39, 0.29) is 11.9 Å². The van der Waals surface area contributed by atoms with Gasteiger partial charge in [-0.2, -0.15) is 0 Å². The van der Waals surface area contributed by atoms with Crippen molar-refractivity contribution in [3.8, 4) is 0 Å². The van der Waals surface area contributed by atoms with E-state index >= 15 is 0 Å². The maximum atomic E-state index is 12.8. The smallest absolute Gasteiger partial charge is 0.317 e. The van der Waals surface area contributed by atoms with E-state index in [9.17, 15) is 9.59 Å². The number of benzene rings is 1. The third-order valence-electron chi connectivity index (χ3n) is 6.29. The first kappa shape index (κ1) is 21.6. The maximum Gasteiger partial charge on any atom is 0.317 e. The largest absolute Gasteiger partial charge is 0.338 e. The van der Waals surface area contributed by atoms with Crippen LogP contribution < -0.4 is 5.32 Å². The number of piperidine rings is 1. The fourth-order valence-electron chi connectivity index (χ4n) is 4.34. The van der Waals surface area contributed by atoms with Crippen LogP contribution in [0, 0.1) is 5.92 Å². The van der Waals surface area contributed by atoms with Crippen LogP contribution in [-0.2, 0) is 6.42 Å². The molecule has 1 aromatic carbocycles. The molecule has 1 N–H and O–H groups in total. The molecule has 2 fully saturated rings. The van der Waals surface area contributed by atoms with Gasteiger partial charge >= 0.3 is 6.03 Å². The van der Waals surface area contributed by atoms with E-state index < -0.39 is 0 Å². The van der Waals surface area contributed by atoms with Crippen molar-refractivity contribution >= 4 is 11.9 Å². The maximum absolute atomic E-state index is 12.8. The van der Waals surface area contributed by atoms with Gasteiger partial charge in [0.05, 0.1) is 0 Å². The second-order valence-electron chi connectivity index (χ2n) is 8.59. The molecule has 29 heavy (non-hydrogen) atoms. The third-order valence-corrected chi connectivity index (χ3v) is 6.29. The Hall–Kier alpha value is -2.08. The highest BCUT2D eigenvalue weighted by Gasteiger charge is 2.24. The number of hydrogen-bond acceptors (Lipinski definition) is 3. The van der Waals surface area contributed by atoms with Crippen molar-refractivity contribution in [2.24, 2.45) is 5.92 Å². The van der Waals surface area contributed by atoms with E-state index in [0.29, 0.717) is 18.5 Å². The average molecular weight is 401 g/mol. The van der Waals surface area contributed by atoms with Gasteiger partial charge in [-0.15, -0.1) is 0 Å². The van der Waals surface area contributed by atoms with E-state index in [1.165, 1.54) is 5.56 Å². The number of carbonyl (C=O) groups is 2. The number of likely N-dealkylation sites (tertiary alicyclic amines) is 1. The van der Waals surface area contributed by atoms with Gasteiger partial charge in [-0.1, -0.05) is 12.1 Å². The van der Waals surface area contributed by atoms with Crippen molar-refractivity contribution in [2.45, 2.75) is 46.1 Å². The molecule has 0 aliphatic carbocycles. The Kier molecular flexibility index (Phi) is 7.53. The molecule has 160 valence electrons. The topological polar surface area (TPSA) is 55.9 Å². The van der Waals surface area contributed by atoms with Crippen LogP contribution in [0.3, 0.4) is 0 Å². The summed E-state index contributed by atoms with van der Waals surface area (Å²) in [5.41, 5.74) is 2.07. The fourth-order valence-corrected chi connectivity index (χ4v) is 4.34. The second-order valence-corrected chi connectivity index (χ2v) is 8.59. The zero-order valence-corrected chi connectivity index (χ0v) is 18.2. The van der Waals surface area contributed by atoms with Crippen molar-refractivity contribution in [2.75, 3.05) is 45.8 Å². The predicted octanol–water partition coefficient (Wildman–Crippen LogP) is 2.84. The van der Waals surface area contributed by atoms with Crippen molar-refractivity contribution in [3.05, 3.63) is 35.4 Å². The highest BCUT2D eigenvalue weighted by atomic mass is 16.2. The van der Waals surface area contributed by atoms with Gasteiger partial charge in [0.1, 0.15) is 0 Å². The standard InChI is InChI=1S/C23H36N4O2/c1-4-24-23(29)27-11-9-20(10-12-27)17-19-5-7-21(8-6-19)22(28)26-15-13-25(14-16-26)18(2)3/h5-8,18,20H,4,9-17H2,1-3H3,(H,24,29). The van der Waals surface area contributed by atoms with E-state index in [2.05, 4.69) is 36.2 Å². The summed E-state index contributed by atoms with van der Waals surface area (Å²) < 4.78 is 0. The number of nitrogens with one attached hydrogen (secondary N) is 1. The van der Waals surface area contributed by atoms with Gasteiger partial charge in [-0.25, -0.2) is 4.79 Å². The summed E-state index contributed by atoms with van der Waals surface area (Å²) in [4.78, 5) is 31.0. The molecule has 1 aromatic rings. The monoisotopic (exact) mass is 400 g/mol. The predicted molar refractivity (Wildman–Crippen MR) is 116 cm³/mol. The molecule has 2 heterocycles. The summed E-state index contributed by atoms with van der Waals surface area (Å²) in [6.07, 6.45) is 3.10. The molecule has 2 saturated heterocycles. The van der Waals surface area contributed by atoms with Crippen LogP contribution in [0.15, 0.2) is 24.3 Å². The number of hydrogen-bond donors (Lipinski definition) is 1. The fraction of sp³-hybridized carbons (Fsp3) is 0.652. The number of piperazine rings is 1. The molecule has 0 aromatic heterocycles. The molecule has 3 rings (SSSR count). The molecule has 0 atom stereocenters. The summed E-state index contributed by atoms with van der Waals surface area (Å²) in [6, 6.07) is 8.77. The van der Waals surface area contributed by atoms with E-state index in [0.717, 1.165) is 64.1 Å². The highest BCUT2D eigenvalue weighted by Crippen LogP contribution is 2.22. The van der Waals surface area contributed by atoms with Gasteiger partial charge in [0, 0.05) is 57.4 Å². The van der Waals surface area contributed by atoms with Crippen molar-refractivity contribution in [1.29, 1.82) is 0 Å². The first-order chi connectivity index (χ1) is 14.0. The first-order valence-electron chi connectivity index (χ1n) is 11.1. The lowest BCUT2D eigenvalue weighted by Gasteiger charge is -2.37. The minimum atomic E-state index is 0.0584. The Balaban J connectivity index is 1.47. The Morgan fingerprint density at radius 2 is 1.59 bits per heavy atom. The normalized spacial score (nSPS) is 18.9. The molecular weight excluding hydrogens is 364 g/mol. The molecule has 0 unspecified atom stereocenters. The number of amides is 3.